The second kappa shape index (κ2) is 9.45. The molecule has 3 rings (SSSR count). The van der Waals surface area contributed by atoms with Crippen LogP contribution < -0.4 is 5.32 Å². The van der Waals surface area contributed by atoms with Crippen molar-refractivity contribution in [2.24, 2.45) is 0 Å². The predicted octanol–water partition coefficient (Wildman–Crippen LogP) is 6.37. The van der Waals surface area contributed by atoms with E-state index < -0.39 is 5.54 Å². The molecule has 0 aliphatic carbocycles. The third-order valence-electron chi connectivity index (χ3n) is 5.22. The maximum Gasteiger partial charge on any atom is 0.318 e. The first-order valence-corrected chi connectivity index (χ1v) is 10.3. The molecule has 3 aromatic carbocycles. The fourth-order valence-corrected chi connectivity index (χ4v) is 3.40. The predicted molar refractivity (Wildman–Crippen MR) is 125 cm³/mol. The Bertz CT molecular complexity index is 952. The van der Waals surface area contributed by atoms with Gasteiger partial charge in [-0.1, -0.05) is 91.0 Å². The summed E-state index contributed by atoms with van der Waals surface area (Å²) in [5.74, 6) is 0. The fraction of sp³-hybridized carbons (Fsp3) is 0.222. The first-order valence-electron chi connectivity index (χ1n) is 10.3. The molecule has 2 amide bonds. The molecule has 0 saturated heterocycles. The van der Waals surface area contributed by atoms with Gasteiger partial charge in [-0.3, -0.25) is 0 Å². The van der Waals surface area contributed by atoms with Gasteiger partial charge < -0.3 is 10.2 Å². The lowest BCUT2D eigenvalue weighted by Gasteiger charge is -2.32. The van der Waals surface area contributed by atoms with Gasteiger partial charge in [0.25, 0.3) is 0 Å². The van der Waals surface area contributed by atoms with E-state index in [0.29, 0.717) is 13.1 Å². The summed E-state index contributed by atoms with van der Waals surface area (Å²) in [4.78, 5) is 15.2. The van der Waals surface area contributed by atoms with E-state index in [2.05, 4.69) is 18.0 Å². The Balaban J connectivity index is 1.82. The van der Waals surface area contributed by atoms with Gasteiger partial charge in [0.15, 0.2) is 0 Å². The summed E-state index contributed by atoms with van der Waals surface area (Å²) in [5.41, 5.74) is 4.83. The molecule has 0 saturated carbocycles. The summed E-state index contributed by atoms with van der Waals surface area (Å²) in [6.45, 7) is 11.2. The van der Waals surface area contributed by atoms with Crippen molar-refractivity contribution >= 4 is 11.6 Å². The molecule has 30 heavy (non-hydrogen) atoms. The van der Waals surface area contributed by atoms with Crippen LogP contribution in [0.15, 0.2) is 91.5 Å². The zero-order valence-corrected chi connectivity index (χ0v) is 18.1. The van der Waals surface area contributed by atoms with Crippen LogP contribution in [0.25, 0.3) is 5.57 Å². The fourth-order valence-electron chi connectivity index (χ4n) is 3.40. The van der Waals surface area contributed by atoms with Crippen molar-refractivity contribution in [3.8, 4) is 0 Å². The van der Waals surface area contributed by atoms with Gasteiger partial charge in [-0.15, -0.1) is 0 Å². The van der Waals surface area contributed by atoms with E-state index in [1.165, 1.54) is 0 Å². The molecule has 0 spiro atoms. The third-order valence-corrected chi connectivity index (χ3v) is 5.22. The van der Waals surface area contributed by atoms with E-state index in [0.717, 1.165) is 27.8 Å². The van der Waals surface area contributed by atoms with Gasteiger partial charge in [0, 0.05) is 13.1 Å². The minimum atomic E-state index is -0.520. The van der Waals surface area contributed by atoms with Crippen molar-refractivity contribution in [3.05, 3.63) is 114 Å². The van der Waals surface area contributed by atoms with E-state index in [-0.39, 0.29) is 6.03 Å². The number of rotatable bonds is 7. The molecule has 3 aromatic rings. The topological polar surface area (TPSA) is 32.3 Å². The molecule has 0 atom stereocenters. The second-order valence-electron chi connectivity index (χ2n) is 8.24. The number of carbonyl (C=O) groups is 1. The Labute approximate surface area is 180 Å². The normalized spacial score (nSPS) is 11.0. The van der Waals surface area contributed by atoms with Crippen LogP contribution in [0, 0.1) is 0 Å². The molecule has 0 bridgehead atoms. The van der Waals surface area contributed by atoms with E-state index in [9.17, 15) is 4.79 Å². The summed E-state index contributed by atoms with van der Waals surface area (Å²) in [7, 11) is 0. The highest BCUT2D eigenvalue weighted by molar-refractivity contribution is 5.75. The van der Waals surface area contributed by atoms with Crippen LogP contribution in [0.1, 0.15) is 43.0 Å². The quantitative estimate of drug-likeness (QED) is 0.493. The lowest BCUT2D eigenvalue weighted by Crippen LogP contribution is -2.48. The van der Waals surface area contributed by atoms with Crippen LogP contribution in [-0.4, -0.2) is 10.9 Å². The standard InChI is InChI=1S/C27H30N2O/c1-21(2)24-16-11-17-25(18-24)27(3,4)28-26(30)29(19-22-12-7-5-8-13-22)20-23-14-9-6-10-15-23/h5-18H,1,19-20H2,2-4H3,(H,28,30). The van der Waals surface area contributed by atoms with Crippen LogP contribution in [0.4, 0.5) is 4.79 Å². The average molecular weight is 399 g/mol. The van der Waals surface area contributed by atoms with E-state index in [4.69, 9.17) is 0 Å². The highest BCUT2D eigenvalue weighted by atomic mass is 16.2. The van der Waals surface area contributed by atoms with Gasteiger partial charge in [0.2, 0.25) is 0 Å². The number of allylic oxidation sites excluding steroid dienone is 1. The number of hydrogen-bond donors (Lipinski definition) is 1. The molecule has 0 aliphatic rings. The molecule has 0 unspecified atom stereocenters. The largest absolute Gasteiger partial charge is 0.329 e. The first-order chi connectivity index (χ1) is 14.3. The summed E-state index contributed by atoms with van der Waals surface area (Å²) in [6, 6.07) is 28.3. The summed E-state index contributed by atoms with van der Waals surface area (Å²) in [5, 5.41) is 3.24. The Kier molecular flexibility index (Phi) is 6.73. The van der Waals surface area contributed by atoms with Crippen molar-refractivity contribution < 1.29 is 4.79 Å². The van der Waals surface area contributed by atoms with Crippen LogP contribution in [-0.2, 0) is 18.6 Å². The maximum absolute atomic E-state index is 13.4. The van der Waals surface area contributed by atoms with Gasteiger partial charge >= 0.3 is 6.03 Å². The lowest BCUT2D eigenvalue weighted by molar-refractivity contribution is 0.181. The highest BCUT2D eigenvalue weighted by Crippen LogP contribution is 2.24. The Morgan fingerprint density at radius 1 is 0.867 bits per heavy atom. The monoisotopic (exact) mass is 398 g/mol. The highest BCUT2D eigenvalue weighted by Gasteiger charge is 2.26. The Morgan fingerprint density at radius 3 is 1.90 bits per heavy atom. The minimum absolute atomic E-state index is 0.0894. The van der Waals surface area contributed by atoms with Gasteiger partial charge in [-0.2, -0.15) is 0 Å². The number of carbonyl (C=O) groups excluding carboxylic acids is 1. The van der Waals surface area contributed by atoms with Crippen molar-refractivity contribution in [1.82, 2.24) is 10.2 Å². The molecule has 0 radical (unpaired) electrons. The molecular formula is C27H30N2O. The smallest absolute Gasteiger partial charge is 0.318 e. The molecule has 154 valence electrons. The first kappa shape index (κ1) is 21.4. The maximum atomic E-state index is 13.4. The summed E-state index contributed by atoms with van der Waals surface area (Å²) < 4.78 is 0. The van der Waals surface area contributed by atoms with Crippen LogP contribution in [0.5, 0.6) is 0 Å². The zero-order valence-electron chi connectivity index (χ0n) is 18.1. The molecule has 1 N–H and O–H groups in total. The van der Waals surface area contributed by atoms with Crippen molar-refractivity contribution in [2.45, 2.75) is 39.4 Å². The molecular weight excluding hydrogens is 368 g/mol. The Hall–Kier alpha value is -3.33. The summed E-state index contributed by atoms with van der Waals surface area (Å²) >= 11 is 0. The van der Waals surface area contributed by atoms with E-state index in [1.54, 1.807) is 0 Å². The molecule has 0 fully saturated rings. The molecule has 0 heterocycles. The number of urea groups is 1. The number of benzene rings is 3. The minimum Gasteiger partial charge on any atom is -0.329 e. The number of nitrogens with one attached hydrogen (secondary N) is 1. The van der Waals surface area contributed by atoms with Gasteiger partial charge in [0.1, 0.15) is 0 Å². The van der Waals surface area contributed by atoms with Gasteiger partial charge in [-0.05, 0) is 49.1 Å². The molecule has 3 nitrogen and oxygen atoms in total. The van der Waals surface area contributed by atoms with E-state index >= 15 is 0 Å². The van der Waals surface area contributed by atoms with Crippen LogP contribution >= 0.6 is 0 Å². The SMILES string of the molecule is C=C(C)c1cccc(C(C)(C)NC(=O)N(Cc2ccccc2)Cc2ccccc2)c1. The van der Waals surface area contributed by atoms with Gasteiger partial charge in [0.05, 0.1) is 5.54 Å². The third kappa shape index (κ3) is 5.60. The van der Waals surface area contributed by atoms with Crippen LogP contribution in [0.2, 0.25) is 0 Å². The molecule has 0 aliphatic heterocycles. The van der Waals surface area contributed by atoms with Crippen molar-refractivity contribution in [1.29, 1.82) is 0 Å². The average Bonchev–Trinajstić information content (AvgIpc) is 2.74. The molecule has 0 aromatic heterocycles. The molecule has 3 heteroatoms. The second-order valence-corrected chi connectivity index (χ2v) is 8.24. The Morgan fingerprint density at radius 2 is 1.40 bits per heavy atom. The van der Waals surface area contributed by atoms with Crippen molar-refractivity contribution in [2.75, 3.05) is 0 Å². The zero-order chi connectivity index (χ0) is 21.6. The number of amides is 2. The van der Waals surface area contributed by atoms with E-state index in [1.807, 2.05) is 105 Å². The summed E-state index contributed by atoms with van der Waals surface area (Å²) in [6.07, 6.45) is 0. The number of nitrogens with zero attached hydrogens (tertiary/aromatic N) is 1. The van der Waals surface area contributed by atoms with Crippen LogP contribution in [0.3, 0.4) is 0 Å². The van der Waals surface area contributed by atoms with Crippen molar-refractivity contribution in [3.63, 3.8) is 0 Å². The number of hydrogen-bond acceptors (Lipinski definition) is 1. The van der Waals surface area contributed by atoms with Gasteiger partial charge in [-0.25, -0.2) is 4.79 Å². The lowest BCUT2D eigenvalue weighted by atomic mass is 9.92.